The lowest BCUT2D eigenvalue weighted by atomic mass is 10.1. The highest BCUT2D eigenvalue weighted by atomic mass is 35.5. The standard InChI is InChI=1S/C19H19ClN6O/c1-9(2)26-17-12(20)8-23-18(21)15(17)16(25-26)14-6-10-4-5-11(19(27)22-3)7-13(10)24-14/h4-9,24H,1-3H3,(H2,21,23)(H,22,27). The van der Waals surface area contributed by atoms with E-state index in [0.29, 0.717) is 27.5 Å². The molecule has 1 amide bonds. The molecule has 0 spiro atoms. The fraction of sp³-hybridized carbons (Fsp3) is 0.211. The van der Waals surface area contributed by atoms with E-state index in [1.807, 2.05) is 36.7 Å². The number of nitrogens with zero attached hydrogens (tertiary/aromatic N) is 3. The number of nitrogen functional groups attached to an aromatic ring is 1. The van der Waals surface area contributed by atoms with Gasteiger partial charge in [0.05, 0.1) is 27.8 Å². The summed E-state index contributed by atoms with van der Waals surface area (Å²) in [4.78, 5) is 19.4. The van der Waals surface area contributed by atoms with Gasteiger partial charge in [-0.05, 0) is 32.0 Å². The molecule has 138 valence electrons. The summed E-state index contributed by atoms with van der Waals surface area (Å²) in [5.41, 5.74) is 9.82. The van der Waals surface area contributed by atoms with E-state index in [1.54, 1.807) is 19.3 Å². The summed E-state index contributed by atoms with van der Waals surface area (Å²) in [5.74, 6) is 0.240. The Morgan fingerprint density at radius 3 is 2.81 bits per heavy atom. The zero-order chi connectivity index (χ0) is 19.3. The van der Waals surface area contributed by atoms with E-state index in [1.165, 1.54) is 0 Å². The number of benzene rings is 1. The third-order valence-electron chi connectivity index (χ3n) is 4.57. The highest BCUT2D eigenvalue weighted by Crippen LogP contribution is 2.37. The number of hydrogen-bond donors (Lipinski definition) is 3. The number of H-pyrrole nitrogens is 1. The van der Waals surface area contributed by atoms with Gasteiger partial charge >= 0.3 is 0 Å². The number of anilines is 1. The van der Waals surface area contributed by atoms with Crippen LogP contribution in [0, 0.1) is 0 Å². The first-order chi connectivity index (χ1) is 12.9. The molecule has 4 aromatic rings. The Bertz CT molecular complexity index is 1190. The molecule has 4 rings (SSSR count). The number of nitrogens with one attached hydrogen (secondary N) is 2. The van der Waals surface area contributed by atoms with E-state index >= 15 is 0 Å². The monoisotopic (exact) mass is 382 g/mol. The van der Waals surface area contributed by atoms with Crippen molar-refractivity contribution in [2.45, 2.75) is 19.9 Å². The molecule has 0 atom stereocenters. The molecule has 0 aliphatic heterocycles. The SMILES string of the molecule is CNC(=O)c1ccc2cc(-c3nn(C(C)C)c4c(Cl)cnc(N)c34)[nH]c2c1. The van der Waals surface area contributed by atoms with Crippen LogP contribution in [-0.4, -0.2) is 32.7 Å². The van der Waals surface area contributed by atoms with Crippen molar-refractivity contribution in [2.24, 2.45) is 0 Å². The summed E-state index contributed by atoms with van der Waals surface area (Å²) < 4.78 is 1.85. The molecule has 1 aromatic carbocycles. The van der Waals surface area contributed by atoms with Gasteiger partial charge in [0.1, 0.15) is 11.5 Å². The average molecular weight is 383 g/mol. The zero-order valence-electron chi connectivity index (χ0n) is 15.2. The number of amides is 1. The zero-order valence-corrected chi connectivity index (χ0v) is 15.9. The van der Waals surface area contributed by atoms with Gasteiger partial charge in [-0.2, -0.15) is 5.10 Å². The Balaban J connectivity index is 1.97. The Hall–Kier alpha value is -3.06. The fourth-order valence-corrected chi connectivity index (χ4v) is 3.49. The summed E-state index contributed by atoms with van der Waals surface area (Å²) in [5, 5.41) is 9.57. The van der Waals surface area contributed by atoms with Gasteiger partial charge in [-0.15, -0.1) is 0 Å². The van der Waals surface area contributed by atoms with Gasteiger partial charge in [-0.25, -0.2) is 4.98 Å². The lowest BCUT2D eigenvalue weighted by Crippen LogP contribution is -2.17. The number of halogens is 1. The summed E-state index contributed by atoms with van der Waals surface area (Å²) in [6, 6.07) is 7.58. The summed E-state index contributed by atoms with van der Waals surface area (Å²) in [6.07, 6.45) is 1.55. The average Bonchev–Trinajstić information content (AvgIpc) is 3.25. The van der Waals surface area contributed by atoms with Gasteiger partial charge in [-0.1, -0.05) is 17.7 Å². The number of nitrogens with two attached hydrogens (primary N) is 1. The maximum Gasteiger partial charge on any atom is 0.251 e. The molecule has 0 aliphatic rings. The third kappa shape index (κ3) is 2.71. The molecule has 0 fully saturated rings. The van der Waals surface area contributed by atoms with Crippen LogP contribution < -0.4 is 11.1 Å². The van der Waals surface area contributed by atoms with E-state index in [4.69, 9.17) is 22.4 Å². The molecule has 0 aliphatic carbocycles. The van der Waals surface area contributed by atoms with Crippen molar-refractivity contribution >= 4 is 45.1 Å². The Kier molecular flexibility index (Phi) is 4.04. The highest BCUT2D eigenvalue weighted by molar-refractivity contribution is 6.35. The largest absolute Gasteiger partial charge is 0.383 e. The lowest BCUT2D eigenvalue weighted by molar-refractivity contribution is 0.0963. The quantitative estimate of drug-likeness (QED) is 0.502. The molecule has 4 N–H and O–H groups in total. The molecule has 3 heterocycles. The van der Waals surface area contributed by atoms with Gasteiger partial charge in [0.2, 0.25) is 0 Å². The van der Waals surface area contributed by atoms with Crippen LogP contribution in [0.5, 0.6) is 0 Å². The van der Waals surface area contributed by atoms with Crippen molar-refractivity contribution < 1.29 is 4.79 Å². The van der Waals surface area contributed by atoms with Crippen molar-refractivity contribution in [2.75, 3.05) is 12.8 Å². The number of rotatable bonds is 3. The summed E-state index contributed by atoms with van der Waals surface area (Å²) >= 11 is 6.40. The number of aromatic nitrogens is 4. The molecule has 8 heteroatoms. The van der Waals surface area contributed by atoms with Gasteiger partial charge in [0.25, 0.3) is 5.91 Å². The smallest absolute Gasteiger partial charge is 0.251 e. The number of aromatic amines is 1. The molecule has 0 unspecified atom stereocenters. The maximum atomic E-state index is 11.9. The third-order valence-corrected chi connectivity index (χ3v) is 4.84. The predicted molar refractivity (Wildman–Crippen MR) is 108 cm³/mol. The molecule has 27 heavy (non-hydrogen) atoms. The second-order valence-electron chi connectivity index (χ2n) is 6.67. The van der Waals surface area contributed by atoms with Crippen molar-refractivity contribution in [3.8, 4) is 11.4 Å². The Labute approximate surface area is 160 Å². The normalized spacial score (nSPS) is 11.6. The lowest BCUT2D eigenvalue weighted by Gasteiger charge is -2.07. The Morgan fingerprint density at radius 2 is 2.11 bits per heavy atom. The van der Waals surface area contributed by atoms with Crippen LogP contribution in [0.3, 0.4) is 0 Å². The van der Waals surface area contributed by atoms with E-state index in [9.17, 15) is 4.79 Å². The fourth-order valence-electron chi connectivity index (χ4n) is 3.26. The summed E-state index contributed by atoms with van der Waals surface area (Å²) in [6.45, 7) is 4.06. The maximum absolute atomic E-state index is 11.9. The van der Waals surface area contributed by atoms with Crippen molar-refractivity contribution in [3.05, 3.63) is 41.0 Å². The molecule has 0 saturated carbocycles. The number of carbonyl (C=O) groups excluding carboxylic acids is 1. The first-order valence-electron chi connectivity index (χ1n) is 8.58. The van der Waals surface area contributed by atoms with E-state index in [-0.39, 0.29) is 11.9 Å². The second kappa shape index (κ2) is 6.28. The van der Waals surface area contributed by atoms with Crippen LogP contribution in [0.1, 0.15) is 30.2 Å². The highest BCUT2D eigenvalue weighted by Gasteiger charge is 2.21. The second-order valence-corrected chi connectivity index (χ2v) is 7.07. The van der Waals surface area contributed by atoms with E-state index in [2.05, 4.69) is 15.3 Å². The van der Waals surface area contributed by atoms with Crippen LogP contribution >= 0.6 is 11.6 Å². The van der Waals surface area contributed by atoms with Gasteiger partial charge in [0.15, 0.2) is 0 Å². The van der Waals surface area contributed by atoms with Crippen LogP contribution in [0.2, 0.25) is 5.02 Å². The topological polar surface area (TPSA) is 102 Å². The molecule has 0 bridgehead atoms. The molecular weight excluding hydrogens is 364 g/mol. The molecule has 0 saturated heterocycles. The van der Waals surface area contributed by atoms with Crippen LogP contribution in [0.25, 0.3) is 33.2 Å². The predicted octanol–water partition coefficient (Wildman–Crippen LogP) is 3.76. The molecule has 0 radical (unpaired) electrons. The van der Waals surface area contributed by atoms with E-state index < -0.39 is 0 Å². The minimum Gasteiger partial charge on any atom is -0.383 e. The minimum absolute atomic E-state index is 0.102. The van der Waals surface area contributed by atoms with Crippen LogP contribution in [0.15, 0.2) is 30.5 Å². The summed E-state index contributed by atoms with van der Waals surface area (Å²) in [7, 11) is 1.61. The number of carbonyl (C=O) groups is 1. The molecule has 7 nitrogen and oxygen atoms in total. The number of fused-ring (bicyclic) bond motifs is 2. The van der Waals surface area contributed by atoms with Crippen LogP contribution in [-0.2, 0) is 0 Å². The van der Waals surface area contributed by atoms with Crippen molar-refractivity contribution in [1.29, 1.82) is 0 Å². The number of pyridine rings is 1. The molecule has 3 aromatic heterocycles. The van der Waals surface area contributed by atoms with Crippen molar-refractivity contribution in [3.63, 3.8) is 0 Å². The van der Waals surface area contributed by atoms with Crippen molar-refractivity contribution in [1.82, 2.24) is 25.1 Å². The first kappa shape index (κ1) is 17.4. The number of hydrogen-bond acceptors (Lipinski definition) is 4. The first-order valence-corrected chi connectivity index (χ1v) is 8.96. The van der Waals surface area contributed by atoms with Gasteiger partial charge in [-0.3, -0.25) is 9.48 Å². The van der Waals surface area contributed by atoms with Gasteiger partial charge < -0.3 is 16.0 Å². The minimum atomic E-state index is -0.136. The van der Waals surface area contributed by atoms with Crippen LogP contribution in [0.4, 0.5) is 5.82 Å². The van der Waals surface area contributed by atoms with Gasteiger partial charge in [0, 0.05) is 29.6 Å². The molecular formula is C19H19ClN6O. The Morgan fingerprint density at radius 1 is 1.33 bits per heavy atom. The van der Waals surface area contributed by atoms with E-state index in [0.717, 1.165) is 22.1 Å².